The summed E-state index contributed by atoms with van der Waals surface area (Å²) in [5.41, 5.74) is 0.942. The number of allylic oxidation sites excluding steroid dienone is 3. The van der Waals surface area contributed by atoms with Gasteiger partial charge < -0.3 is 0 Å². The molecule has 0 aromatic carbocycles. The van der Waals surface area contributed by atoms with Gasteiger partial charge in [-0.3, -0.25) is 4.39 Å². The van der Waals surface area contributed by atoms with Gasteiger partial charge in [-0.1, -0.05) is 56.8 Å². The predicted molar refractivity (Wildman–Crippen MR) is 111 cm³/mol. The summed E-state index contributed by atoms with van der Waals surface area (Å²) in [4.78, 5) is 0. The van der Waals surface area contributed by atoms with Gasteiger partial charge in [0, 0.05) is 0 Å². The number of hydrogen-bond donors (Lipinski definition) is 0. The molecule has 0 aromatic rings. The summed E-state index contributed by atoms with van der Waals surface area (Å²) < 4.78 is 12.6. The normalized spacial score (nSPS) is 31.7. The lowest BCUT2D eigenvalue weighted by atomic mass is 9.46. The minimum Gasteiger partial charge on any atom is -0.251 e. The molecule has 3 fully saturated rings. The van der Waals surface area contributed by atoms with Gasteiger partial charge in [0.25, 0.3) is 0 Å². The molecule has 3 rings (SSSR count). The molecular weight excluding hydrogens is 319 g/mol. The zero-order valence-corrected chi connectivity index (χ0v) is 17.0. The molecule has 0 atom stereocenters. The Morgan fingerprint density at radius 2 is 1.46 bits per heavy atom. The standard InChI is InChI=1S/C25H41F/c1-2-22-12-14-23(15-13-22)25(19-9-4-10-20-25)24(16-6-3-7-17-24)18-8-5-11-21-26/h2,8,18,22-23H,1,3-7,9-17,19-21H2/b18-8+. The van der Waals surface area contributed by atoms with Crippen molar-refractivity contribution in [2.45, 2.75) is 103 Å². The highest BCUT2D eigenvalue weighted by atomic mass is 19.1. The van der Waals surface area contributed by atoms with E-state index in [1.807, 2.05) is 0 Å². The Morgan fingerprint density at radius 1 is 0.846 bits per heavy atom. The monoisotopic (exact) mass is 360 g/mol. The minimum absolute atomic E-state index is 0.173. The molecule has 0 radical (unpaired) electrons. The second-order valence-corrected chi connectivity index (χ2v) is 9.51. The number of halogens is 1. The fraction of sp³-hybridized carbons (Fsp3) is 0.840. The van der Waals surface area contributed by atoms with Crippen LogP contribution in [0.1, 0.15) is 103 Å². The van der Waals surface area contributed by atoms with E-state index in [9.17, 15) is 4.39 Å². The summed E-state index contributed by atoms with van der Waals surface area (Å²) in [5, 5.41) is 0. The van der Waals surface area contributed by atoms with E-state index in [0.717, 1.165) is 18.3 Å². The van der Waals surface area contributed by atoms with Crippen molar-refractivity contribution >= 4 is 0 Å². The lowest BCUT2D eigenvalue weighted by molar-refractivity contribution is -0.0633. The van der Waals surface area contributed by atoms with Crippen molar-refractivity contribution in [1.82, 2.24) is 0 Å². The van der Waals surface area contributed by atoms with Gasteiger partial charge in [-0.15, -0.1) is 6.58 Å². The van der Waals surface area contributed by atoms with Crippen LogP contribution >= 0.6 is 0 Å². The summed E-state index contributed by atoms with van der Waals surface area (Å²) in [7, 11) is 0. The zero-order chi connectivity index (χ0) is 18.3. The average molecular weight is 361 g/mol. The smallest absolute Gasteiger partial charge is 0.0897 e. The molecule has 0 nitrogen and oxygen atoms in total. The summed E-state index contributed by atoms with van der Waals surface area (Å²) in [5.74, 6) is 1.66. The molecule has 3 aliphatic carbocycles. The maximum atomic E-state index is 12.6. The Kier molecular flexibility index (Phi) is 7.41. The molecule has 0 N–H and O–H groups in total. The fourth-order valence-electron chi connectivity index (χ4n) is 6.92. The van der Waals surface area contributed by atoms with Crippen LogP contribution in [-0.4, -0.2) is 6.67 Å². The van der Waals surface area contributed by atoms with Crippen LogP contribution in [0.2, 0.25) is 0 Å². The predicted octanol–water partition coefficient (Wildman–Crippen LogP) is 8.19. The molecule has 26 heavy (non-hydrogen) atoms. The summed E-state index contributed by atoms with van der Waals surface area (Å²) in [6.45, 7) is 3.89. The molecule has 0 amide bonds. The second-order valence-electron chi connectivity index (χ2n) is 9.51. The third-order valence-electron chi connectivity index (χ3n) is 8.31. The van der Waals surface area contributed by atoms with E-state index in [-0.39, 0.29) is 6.67 Å². The van der Waals surface area contributed by atoms with Crippen LogP contribution < -0.4 is 0 Å². The van der Waals surface area contributed by atoms with E-state index in [1.165, 1.54) is 89.9 Å². The van der Waals surface area contributed by atoms with E-state index in [0.29, 0.717) is 17.3 Å². The number of alkyl halides is 1. The number of hydrogen-bond acceptors (Lipinski definition) is 0. The van der Waals surface area contributed by atoms with Gasteiger partial charge in [0.15, 0.2) is 0 Å². The fourth-order valence-corrected chi connectivity index (χ4v) is 6.92. The highest BCUT2D eigenvalue weighted by Gasteiger charge is 2.54. The van der Waals surface area contributed by atoms with Gasteiger partial charge in [0.2, 0.25) is 0 Å². The lowest BCUT2D eigenvalue weighted by Crippen LogP contribution is -2.49. The Bertz CT molecular complexity index is 443. The van der Waals surface area contributed by atoms with Crippen molar-refractivity contribution in [2.75, 3.05) is 6.67 Å². The van der Waals surface area contributed by atoms with Crippen LogP contribution in [0.3, 0.4) is 0 Å². The third-order valence-corrected chi connectivity index (χ3v) is 8.31. The Morgan fingerprint density at radius 3 is 2.04 bits per heavy atom. The molecular formula is C25H41F. The third kappa shape index (κ3) is 4.12. The molecule has 0 heterocycles. The van der Waals surface area contributed by atoms with Gasteiger partial charge in [-0.05, 0) is 86.9 Å². The van der Waals surface area contributed by atoms with Crippen LogP contribution in [0, 0.1) is 22.7 Å². The van der Waals surface area contributed by atoms with Crippen molar-refractivity contribution in [3.05, 3.63) is 24.8 Å². The molecule has 0 aliphatic heterocycles. The van der Waals surface area contributed by atoms with E-state index < -0.39 is 0 Å². The van der Waals surface area contributed by atoms with Gasteiger partial charge >= 0.3 is 0 Å². The van der Waals surface area contributed by atoms with E-state index in [2.05, 4.69) is 24.8 Å². The Labute approximate surface area is 161 Å². The summed E-state index contributed by atoms with van der Waals surface area (Å²) in [6, 6.07) is 0. The highest BCUT2D eigenvalue weighted by Crippen LogP contribution is 2.63. The SMILES string of the molecule is C=CC1CCC(C2(C3(/C=C/CCCF)CCCCC3)CCCCC2)CC1. The van der Waals surface area contributed by atoms with Crippen LogP contribution in [0.25, 0.3) is 0 Å². The molecule has 3 saturated carbocycles. The largest absolute Gasteiger partial charge is 0.251 e. The molecule has 0 saturated heterocycles. The molecule has 0 spiro atoms. The van der Waals surface area contributed by atoms with Crippen LogP contribution in [0.15, 0.2) is 24.8 Å². The summed E-state index contributed by atoms with van der Waals surface area (Å²) in [6.07, 6.45) is 28.6. The quantitative estimate of drug-likeness (QED) is 0.317. The molecule has 0 aromatic heterocycles. The van der Waals surface area contributed by atoms with E-state index >= 15 is 0 Å². The molecule has 3 aliphatic rings. The highest BCUT2D eigenvalue weighted by molar-refractivity contribution is 5.14. The second kappa shape index (κ2) is 9.56. The van der Waals surface area contributed by atoms with E-state index in [1.54, 1.807) is 0 Å². The average Bonchev–Trinajstić information content (AvgIpc) is 2.72. The van der Waals surface area contributed by atoms with Crippen molar-refractivity contribution in [2.24, 2.45) is 22.7 Å². The molecule has 148 valence electrons. The molecule has 1 heteroatoms. The van der Waals surface area contributed by atoms with Crippen molar-refractivity contribution in [3.63, 3.8) is 0 Å². The lowest BCUT2D eigenvalue weighted by Gasteiger charge is -2.59. The topological polar surface area (TPSA) is 0 Å². The van der Waals surface area contributed by atoms with E-state index in [4.69, 9.17) is 0 Å². The Balaban J connectivity index is 1.86. The Hall–Kier alpha value is -0.590. The van der Waals surface area contributed by atoms with Crippen molar-refractivity contribution < 1.29 is 4.39 Å². The first-order chi connectivity index (χ1) is 12.8. The zero-order valence-electron chi connectivity index (χ0n) is 17.0. The molecule has 0 unspecified atom stereocenters. The first-order valence-corrected chi connectivity index (χ1v) is 11.6. The van der Waals surface area contributed by atoms with Gasteiger partial charge in [-0.25, -0.2) is 0 Å². The maximum Gasteiger partial charge on any atom is 0.0897 e. The molecule has 0 bridgehead atoms. The number of rotatable bonds is 7. The first kappa shape index (κ1) is 20.2. The minimum atomic E-state index is -0.173. The summed E-state index contributed by atoms with van der Waals surface area (Å²) >= 11 is 0. The van der Waals surface area contributed by atoms with Crippen molar-refractivity contribution in [3.8, 4) is 0 Å². The number of unbranched alkanes of at least 4 members (excludes halogenated alkanes) is 1. The first-order valence-electron chi connectivity index (χ1n) is 11.6. The van der Waals surface area contributed by atoms with Gasteiger partial charge in [-0.2, -0.15) is 0 Å². The van der Waals surface area contributed by atoms with Crippen LogP contribution in [-0.2, 0) is 0 Å². The van der Waals surface area contributed by atoms with Gasteiger partial charge in [0.05, 0.1) is 6.67 Å². The maximum absolute atomic E-state index is 12.6. The van der Waals surface area contributed by atoms with Gasteiger partial charge in [0.1, 0.15) is 0 Å². The van der Waals surface area contributed by atoms with Crippen LogP contribution in [0.4, 0.5) is 4.39 Å². The van der Waals surface area contributed by atoms with Crippen LogP contribution in [0.5, 0.6) is 0 Å². The van der Waals surface area contributed by atoms with Crippen molar-refractivity contribution in [1.29, 1.82) is 0 Å².